The van der Waals surface area contributed by atoms with Gasteiger partial charge in [-0.3, -0.25) is 14.4 Å². The summed E-state index contributed by atoms with van der Waals surface area (Å²) in [4.78, 5) is 39.4. The first-order valence-electron chi connectivity index (χ1n) is 7.99. The topological polar surface area (TPSA) is 77.9 Å². The zero-order valence-corrected chi connectivity index (χ0v) is 15.6. The quantitative estimate of drug-likeness (QED) is 0.761. The molecule has 0 bridgehead atoms. The Bertz CT molecular complexity index is 630. The van der Waals surface area contributed by atoms with Crippen LogP contribution in [-0.4, -0.2) is 65.1 Å². The van der Waals surface area contributed by atoms with Crippen LogP contribution in [0.4, 0.5) is 0 Å². The second-order valence-electron chi connectivity index (χ2n) is 5.99. The molecular formula is C17H21ClN2O4S. The Morgan fingerprint density at radius 2 is 1.84 bits per heavy atom. The van der Waals surface area contributed by atoms with E-state index in [0.717, 1.165) is 4.90 Å². The number of halogens is 1. The van der Waals surface area contributed by atoms with Crippen LogP contribution in [0.3, 0.4) is 0 Å². The first-order chi connectivity index (χ1) is 11.9. The minimum atomic E-state index is -0.807. The molecule has 1 heterocycles. The summed E-state index contributed by atoms with van der Waals surface area (Å²) in [6, 6.07) is 7.22. The predicted octanol–water partition coefficient (Wildman–Crippen LogP) is 2.21. The van der Waals surface area contributed by atoms with Crippen LogP contribution in [-0.2, 0) is 14.4 Å². The number of carbonyl (C=O) groups is 3. The smallest absolute Gasteiger partial charge is 0.306 e. The number of likely N-dealkylation sites (N-methyl/N-ethyl adjacent to an activating group) is 1. The van der Waals surface area contributed by atoms with Gasteiger partial charge in [0.15, 0.2) is 0 Å². The standard InChI is InChI=1S/C17H21ClN2O4S/c1-19(16(22)11-25-14-4-2-13(18)3-5-14)10-15(21)20-8-6-12(7-9-20)17(23)24/h2-5,12H,6-11H2,1H3,(H,23,24). The van der Waals surface area contributed by atoms with Crippen molar-refractivity contribution in [2.24, 2.45) is 5.92 Å². The van der Waals surface area contributed by atoms with Gasteiger partial charge < -0.3 is 14.9 Å². The summed E-state index contributed by atoms with van der Waals surface area (Å²) in [5.74, 6) is -1.21. The summed E-state index contributed by atoms with van der Waals surface area (Å²) in [5.41, 5.74) is 0. The minimum Gasteiger partial charge on any atom is -0.481 e. The maximum atomic E-state index is 12.3. The third-order valence-electron chi connectivity index (χ3n) is 4.17. The molecule has 0 radical (unpaired) electrons. The minimum absolute atomic E-state index is 0.0117. The molecule has 136 valence electrons. The van der Waals surface area contributed by atoms with Crippen LogP contribution in [0, 0.1) is 5.92 Å². The van der Waals surface area contributed by atoms with Crippen molar-refractivity contribution in [2.75, 3.05) is 32.4 Å². The summed E-state index contributed by atoms with van der Waals surface area (Å²) in [6.45, 7) is 0.868. The van der Waals surface area contributed by atoms with Gasteiger partial charge in [-0.1, -0.05) is 11.6 Å². The van der Waals surface area contributed by atoms with E-state index in [0.29, 0.717) is 31.0 Å². The number of amides is 2. The number of rotatable bonds is 6. The van der Waals surface area contributed by atoms with Crippen molar-refractivity contribution >= 4 is 41.1 Å². The van der Waals surface area contributed by atoms with Gasteiger partial charge in [0, 0.05) is 30.1 Å². The molecule has 1 aliphatic rings. The second kappa shape index (κ2) is 9.10. The number of carboxylic acids is 1. The number of piperidine rings is 1. The molecule has 0 aromatic heterocycles. The Kier molecular flexibility index (Phi) is 7.13. The van der Waals surface area contributed by atoms with Gasteiger partial charge in [0.25, 0.3) is 0 Å². The van der Waals surface area contributed by atoms with Gasteiger partial charge in [-0.2, -0.15) is 0 Å². The van der Waals surface area contributed by atoms with Gasteiger partial charge in [0.05, 0.1) is 18.2 Å². The molecule has 1 fully saturated rings. The zero-order valence-electron chi connectivity index (χ0n) is 14.0. The fourth-order valence-electron chi connectivity index (χ4n) is 2.55. The third-order valence-corrected chi connectivity index (χ3v) is 5.42. The molecule has 25 heavy (non-hydrogen) atoms. The number of thioether (sulfide) groups is 1. The summed E-state index contributed by atoms with van der Waals surface area (Å²) >= 11 is 7.21. The maximum Gasteiger partial charge on any atom is 0.306 e. The van der Waals surface area contributed by atoms with E-state index < -0.39 is 5.97 Å². The van der Waals surface area contributed by atoms with Gasteiger partial charge >= 0.3 is 5.97 Å². The number of benzene rings is 1. The number of likely N-dealkylation sites (tertiary alicyclic amines) is 1. The van der Waals surface area contributed by atoms with Crippen LogP contribution in [0.15, 0.2) is 29.2 Å². The SMILES string of the molecule is CN(CC(=O)N1CCC(C(=O)O)CC1)C(=O)CSc1ccc(Cl)cc1. The molecule has 1 aromatic carbocycles. The molecule has 1 N–H and O–H groups in total. The molecule has 0 aliphatic carbocycles. The molecule has 1 aromatic rings. The van der Waals surface area contributed by atoms with Crippen LogP contribution in [0.1, 0.15) is 12.8 Å². The lowest BCUT2D eigenvalue weighted by Crippen LogP contribution is -2.45. The van der Waals surface area contributed by atoms with Gasteiger partial charge in [-0.05, 0) is 37.1 Å². The Balaban J connectivity index is 1.75. The summed E-state index contributed by atoms with van der Waals surface area (Å²) in [5, 5.41) is 9.63. The monoisotopic (exact) mass is 384 g/mol. The zero-order chi connectivity index (χ0) is 18.4. The fourth-order valence-corrected chi connectivity index (χ4v) is 3.52. The van der Waals surface area contributed by atoms with Crippen molar-refractivity contribution in [1.29, 1.82) is 0 Å². The fraction of sp³-hybridized carbons (Fsp3) is 0.471. The molecule has 1 aliphatic heterocycles. The average molecular weight is 385 g/mol. The Morgan fingerprint density at radius 1 is 1.24 bits per heavy atom. The van der Waals surface area contributed by atoms with Crippen LogP contribution in [0.5, 0.6) is 0 Å². The van der Waals surface area contributed by atoms with E-state index >= 15 is 0 Å². The maximum absolute atomic E-state index is 12.3. The highest BCUT2D eigenvalue weighted by Gasteiger charge is 2.27. The second-order valence-corrected chi connectivity index (χ2v) is 7.47. The van der Waals surface area contributed by atoms with E-state index in [1.807, 2.05) is 12.1 Å². The Morgan fingerprint density at radius 3 is 2.40 bits per heavy atom. The van der Waals surface area contributed by atoms with Gasteiger partial charge in [0.2, 0.25) is 11.8 Å². The third kappa shape index (κ3) is 5.93. The number of carbonyl (C=O) groups excluding carboxylic acids is 2. The lowest BCUT2D eigenvalue weighted by molar-refractivity contribution is -0.146. The number of hydrogen-bond acceptors (Lipinski definition) is 4. The van der Waals surface area contributed by atoms with Gasteiger partial charge in [0.1, 0.15) is 0 Å². The van der Waals surface area contributed by atoms with E-state index in [4.69, 9.17) is 16.7 Å². The van der Waals surface area contributed by atoms with E-state index in [9.17, 15) is 14.4 Å². The highest BCUT2D eigenvalue weighted by molar-refractivity contribution is 8.00. The van der Waals surface area contributed by atoms with Crippen molar-refractivity contribution in [3.05, 3.63) is 29.3 Å². The molecule has 0 unspecified atom stereocenters. The predicted molar refractivity (Wildman–Crippen MR) is 96.8 cm³/mol. The molecule has 8 heteroatoms. The molecule has 0 saturated carbocycles. The highest BCUT2D eigenvalue weighted by atomic mass is 35.5. The molecular weight excluding hydrogens is 364 g/mol. The van der Waals surface area contributed by atoms with Gasteiger partial charge in [-0.25, -0.2) is 0 Å². The lowest BCUT2D eigenvalue weighted by atomic mass is 9.97. The number of hydrogen-bond donors (Lipinski definition) is 1. The molecule has 2 amide bonds. The first-order valence-corrected chi connectivity index (χ1v) is 9.36. The van der Waals surface area contributed by atoms with Gasteiger partial charge in [-0.15, -0.1) is 11.8 Å². The molecule has 1 saturated heterocycles. The van der Waals surface area contributed by atoms with Crippen molar-refractivity contribution in [3.63, 3.8) is 0 Å². The van der Waals surface area contributed by atoms with E-state index in [1.165, 1.54) is 16.7 Å². The summed E-state index contributed by atoms with van der Waals surface area (Å²) in [6.07, 6.45) is 0.927. The van der Waals surface area contributed by atoms with Crippen molar-refractivity contribution in [3.8, 4) is 0 Å². The van der Waals surface area contributed by atoms with Crippen LogP contribution < -0.4 is 0 Å². The Hall–Kier alpha value is -1.73. The van der Waals surface area contributed by atoms with Crippen LogP contribution in [0.25, 0.3) is 0 Å². The normalized spacial score (nSPS) is 15.0. The molecule has 6 nitrogen and oxygen atoms in total. The summed E-state index contributed by atoms with van der Waals surface area (Å²) in [7, 11) is 1.60. The Labute approximate surface area is 156 Å². The summed E-state index contributed by atoms with van der Waals surface area (Å²) < 4.78 is 0. The molecule has 2 rings (SSSR count). The van der Waals surface area contributed by atoms with Crippen molar-refractivity contribution < 1.29 is 19.5 Å². The molecule has 0 atom stereocenters. The number of carboxylic acid groups (broad SMARTS) is 1. The van der Waals surface area contributed by atoms with E-state index in [1.54, 1.807) is 24.1 Å². The van der Waals surface area contributed by atoms with E-state index in [2.05, 4.69) is 0 Å². The van der Waals surface area contributed by atoms with Crippen LogP contribution in [0.2, 0.25) is 5.02 Å². The largest absolute Gasteiger partial charge is 0.481 e. The van der Waals surface area contributed by atoms with Crippen molar-refractivity contribution in [1.82, 2.24) is 9.80 Å². The number of nitrogens with zero attached hydrogens (tertiary/aromatic N) is 2. The first kappa shape index (κ1) is 19.6. The lowest BCUT2D eigenvalue weighted by Gasteiger charge is -2.31. The number of aliphatic carboxylic acids is 1. The highest BCUT2D eigenvalue weighted by Crippen LogP contribution is 2.21. The van der Waals surface area contributed by atoms with Crippen LogP contribution >= 0.6 is 23.4 Å². The van der Waals surface area contributed by atoms with E-state index in [-0.39, 0.29) is 30.0 Å². The average Bonchev–Trinajstić information content (AvgIpc) is 2.60. The molecule has 0 spiro atoms. The van der Waals surface area contributed by atoms with Crippen molar-refractivity contribution in [2.45, 2.75) is 17.7 Å².